The number of nitrogens with one attached hydrogen (secondary N) is 3. The van der Waals surface area contributed by atoms with E-state index >= 15 is 0 Å². The van der Waals surface area contributed by atoms with E-state index in [1.54, 1.807) is 5.01 Å². The van der Waals surface area contributed by atoms with Crippen molar-refractivity contribution in [1.82, 2.24) is 21.3 Å². The average molecular weight is 624 g/mol. The van der Waals surface area contributed by atoms with Gasteiger partial charge in [0.05, 0.1) is 0 Å². The Kier molecular flexibility index (Phi) is 11.8. The predicted octanol–water partition coefficient (Wildman–Crippen LogP) is -0.232. The number of carbonyl (C=O) groups excluding carboxylic acids is 2. The van der Waals surface area contributed by atoms with Gasteiger partial charge in [-0.15, -0.1) is 0 Å². The van der Waals surface area contributed by atoms with Crippen molar-refractivity contribution in [2.24, 2.45) is 11.8 Å². The summed E-state index contributed by atoms with van der Waals surface area (Å²) in [5, 5.41) is 36.0. The first-order valence-corrected chi connectivity index (χ1v) is 16.3. The maximum absolute atomic E-state index is 14.0. The molecule has 39 heavy (non-hydrogen) atoms. The first kappa shape index (κ1) is 31.1. The maximum atomic E-state index is 14.0. The number of ether oxygens (including phenoxy) is 2. The van der Waals surface area contributed by atoms with Gasteiger partial charge in [-0.2, -0.15) is 0 Å². The number of aliphatic hydroxyl groups is 3. The molecule has 0 aromatic rings. The van der Waals surface area contributed by atoms with Gasteiger partial charge in [0, 0.05) is 0 Å². The summed E-state index contributed by atoms with van der Waals surface area (Å²) in [6, 6.07) is -0.901. The molecular weight excluding hydrogens is 578 g/mol. The minimum atomic E-state index is -1.21. The molecule has 1 amide bonds. The number of amides is 1. The topological polar surface area (TPSA) is 153 Å². The number of carbonyl (C=O) groups is 2. The summed E-state index contributed by atoms with van der Waals surface area (Å²) < 4.78 is 24.9. The fourth-order valence-electron chi connectivity index (χ4n) is 6.38. The van der Waals surface area contributed by atoms with E-state index in [1.807, 2.05) is 0 Å². The van der Waals surface area contributed by atoms with Gasteiger partial charge in [0.15, 0.2) is 0 Å². The van der Waals surface area contributed by atoms with Crippen molar-refractivity contribution in [3.63, 3.8) is 0 Å². The van der Waals surface area contributed by atoms with Crippen LogP contribution in [0.25, 0.3) is 0 Å². The van der Waals surface area contributed by atoms with E-state index in [9.17, 15) is 29.3 Å². The second-order valence-electron chi connectivity index (χ2n) is 11.4. The number of hydrogen-bond donors (Lipinski definition) is 6. The normalized spacial score (nSPS) is 37.4. The Labute approximate surface area is 236 Å². The molecular formula is C26H45FN4O7Se. The van der Waals surface area contributed by atoms with E-state index in [1.165, 1.54) is 26.4 Å². The van der Waals surface area contributed by atoms with Crippen molar-refractivity contribution in [3.05, 3.63) is 0 Å². The van der Waals surface area contributed by atoms with Crippen LogP contribution in [-0.4, -0.2) is 116 Å². The van der Waals surface area contributed by atoms with Gasteiger partial charge in [-0.3, -0.25) is 0 Å². The molecule has 0 bridgehead atoms. The van der Waals surface area contributed by atoms with E-state index in [4.69, 9.17) is 9.47 Å². The standard InChI is InChI=1S/C26H45FN4O7Se/c1-37-25(36)20(11-21(33)28-12-15-6-3-2-4-7-15)39-26-24(35)22(23(34)19(14-32)38-26)31-13-18(29-30-31)16-8-5-9-17(27)10-16/h15-20,22-24,26,29-30,32,34-35H,2-14H2,1H3,(H,28,33)/t16?,17?,18?,19-,20-,22+,23+,24-,26+/m1/s1. The second kappa shape index (κ2) is 14.8. The Bertz CT molecular complexity index is 810. The van der Waals surface area contributed by atoms with Crippen LogP contribution in [0.5, 0.6) is 0 Å². The van der Waals surface area contributed by atoms with Gasteiger partial charge in [0.1, 0.15) is 0 Å². The van der Waals surface area contributed by atoms with E-state index in [2.05, 4.69) is 16.3 Å². The molecule has 0 aromatic heterocycles. The van der Waals surface area contributed by atoms with Crippen LogP contribution < -0.4 is 16.3 Å². The molecule has 2 heterocycles. The number of hydrogen-bond acceptors (Lipinski definition) is 10. The van der Waals surface area contributed by atoms with Gasteiger partial charge in [0.25, 0.3) is 0 Å². The molecule has 11 nitrogen and oxygen atoms in total. The van der Waals surface area contributed by atoms with Crippen LogP contribution in [0.1, 0.15) is 64.2 Å². The Balaban J connectivity index is 1.38. The van der Waals surface area contributed by atoms with Crippen LogP contribution in [0.4, 0.5) is 4.39 Å². The number of methoxy groups -OCH3 is 1. The fourth-order valence-corrected chi connectivity index (χ4v) is 9.13. The SMILES string of the molecule is COC(=O)[C@@H](CC(=O)NCC1CCCCC1)[Se][C@@H]1O[C@H](CO)[C@H](O)[C@H](N2CC(C3CCCC(F)C3)NN2)[C@H]1O. The van der Waals surface area contributed by atoms with Crippen molar-refractivity contribution < 1.29 is 38.8 Å². The number of halogens is 1. The number of esters is 1. The Morgan fingerprint density at radius 2 is 1.92 bits per heavy atom. The Morgan fingerprint density at radius 3 is 2.62 bits per heavy atom. The number of aliphatic hydroxyl groups excluding tert-OH is 3. The molecule has 2 aliphatic heterocycles. The zero-order valence-electron chi connectivity index (χ0n) is 22.7. The summed E-state index contributed by atoms with van der Waals surface area (Å²) in [7, 11) is 1.26. The van der Waals surface area contributed by atoms with Gasteiger partial charge in [-0.1, -0.05) is 0 Å². The monoisotopic (exact) mass is 624 g/mol. The zero-order valence-corrected chi connectivity index (χ0v) is 24.4. The summed E-state index contributed by atoms with van der Waals surface area (Å²) in [4.78, 5) is 24.6. The van der Waals surface area contributed by atoms with E-state index < -0.39 is 67.9 Å². The van der Waals surface area contributed by atoms with Crippen LogP contribution in [-0.2, 0) is 19.1 Å². The van der Waals surface area contributed by atoms with Crippen LogP contribution in [0.15, 0.2) is 0 Å². The van der Waals surface area contributed by atoms with Gasteiger partial charge in [0.2, 0.25) is 0 Å². The fraction of sp³-hybridized carbons (Fsp3) is 0.923. The summed E-state index contributed by atoms with van der Waals surface area (Å²) >= 11 is -0.738. The number of hydrazine groups is 2. The molecule has 4 fully saturated rings. The van der Waals surface area contributed by atoms with E-state index in [-0.39, 0.29) is 24.3 Å². The van der Waals surface area contributed by atoms with Crippen molar-refractivity contribution in [2.75, 3.05) is 26.8 Å². The molecule has 224 valence electrons. The molecule has 0 aromatic carbocycles. The van der Waals surface area contributed by atoms with Crippen LogP contribution in [0.3, 0.4) is 0 Å². The minimum absolute atomic E-state index is 0.0574. The molecule has 2 saturated carbocycles. The molecule has 0 spiro atoms. The number of alkyl halides is 1. The Hall–Kier alpha value is -0.891. The molecule has 9 atom stereocenters. The molecule has 13 heteroatoms. The van der Waals surface area contributed by atoms with Crippen molar-refractivity contribution in [2.45, 2.75) is 111 Å². The van der Waals surface area contributed by atoms with Crippen molar-refractivity contribution in [1.29, 1.82) is 0 Å². The van der Waals surface area contributed by atoms with Gasteiger partial charge in [-0.25, -0.2) is 0 Å². The third-order valence-electron chi connectivity index (χ3n) is 8.66. The van der Waals surface area contributed by atoms with Gasteiger partial charge < -0.3 is 0 Å². The van der Waals surface area contributed by atoms with Crippen molar-refractivity contribution in [3.8, 4) is 0 Å². The number of rotatable bonds is 10. The van der Waals surface area contributed by atoms with Crippen molar-refractivity contribution >= 4 is 26.8 Å². The Morgan fingerprint density at radius 1 is 1.15 bits per heavy atom. The van der Waals surface area contributed by atoms with E-state index in [0.717, 1.165) is 25.7 Å². The summed E-state index contributed by atoms with van der Waals surface area (Å²) in [5.74, 6) is -0.216. The summed E-state index contributed by atoms with van der Waals surface area (Å²) in [6.07, 6.45) is 4.25. The molecule has 4 rings (SSSR count). The second-order valence-corrected chi connectivity index (χ2v) is 14.1. The van der Waals surface area contributed by atoms with E-state index in [0.29, 0.717) is 31.8 Å². The average Bonchev–Trinajstić information content (AvgIpc) is 3.43. The van der Waals surface area contributed by atoms with Crippen LogP contribution in [0.2, 0.25) is 4.82 Å². The third kappa shape index (κ3) is 8.11. The quantitative estimate of drug-likeness (QED) is 0.142. The molecule has 2 aliphatic carbocycles. The zero-order chi connectivity index (χ0) is 27.9. The molecule has 6 N–H and O–H groups in total. The first-order valence-electron chi connectivity index (χ1n) is 14.3. The molecule has 4 aliphatic rings. The van der Waals surface area contributed by atoms with Gasteiger partial charge >= 0.3 is 236 Å². The number of nitrogens with zero attached hydrogens (tertiary/aromatic N) is 1. The molecule has 2 saturated heterocycles. The molecule has 3 unspecified atom stereocenters. The summed E-state index contributed by atoms with van der Waals surface area (Å²) in [6.45, 7) is 0.540. The first-order chi connectivity index (χ1) is 18.8. The predicted molar refractivity (Wildman–Crippen MR) is 141 cm³/mol. The van der Waals surface area contributed by atoms with Crippen LogP contribution >= 0.6 is 0 Å². The molecule has 0 radical (unpaired) electrons. The van der Waals surface area contributed by atoms with Crippen LogP contribution in [0, 0.1) is 11.8 Å². The third-order valence-corrected chi connectivity index (χ3v) is 11.5. The summed E-state index contributed by atoms with van der Waals surface area (Å²) in [5.41, 5.74) is 6.22. The van der Waals surface area contributed by atoms with Gasteiger partial charge in [-0.05, 0) is 0 Å².